The molecule has 0 aromatic heterocycles. The van der Waals surface area contributed by atoms with Gasteiger partial charge in [-0.25, -0.2) is 0 Å². The molecule has 1 amide bonds. The number of amides is 1. The number of ketones is 1. The number of nitrogens with one attached hydrogen (secondary N) is 2. The van der Waals surface area contributed by atoms with Gasteiger partial charge in [0.2, 0.25) is 0 Å². The highest BCUT2D eigenvalue weighted by atomic mass is 32.1. The Balaban J connectivity index is 1.70. The molecule has 0 bridgehead atoms. The Morgan fingerprint density at radius 1 is 0.840 bits per heavy atom. The summed E-state index contributed by atoms with van der Waals surface area (Å²) in [5.74, 6) is -0.319. The van der Waals surface area contributed by atoms with E-state index in [1.807, 2.05) is 36.4 Å². The van der Waals surface area contributed by atoms with Gasteiger partial charge in [0.15, 0.2) is 10.9 Å². The van der Waals surface area contributed by atoms with Crippen molar-refractivity contribution in [2.45, 2.75) is 6.92 Å². The van der Waals surface area contributed by atoms with Crippen molar-refractivity contribution in [3.63, 3.8) is 0 Å². The monoisotopic (exact) mass is 348 g/mol. The maximum atomic E-state index is 12.4. The summed E-state index contributed by atoms with van der Waals surface area (Å²) in [4.78, 5) is 23.8. The molecule has 0 radical (unpaired) electrons. The standard InChI is InChI=1S/C20H16N2O2S/c1-13(23)15-7-4-8-18(12-15)21-20(25)22-19(24)17-10-9-14-5-2-3-6-16(14)11-17/h2-12H,1H3,(H2,21,22,24,25). The quantitative estimate of drug-likeness (QED) is 0.551. The second kappa shape index (κ2) is 7.23. The van der Waals surface area contributed by atoms with Gasteiger partial charge in [-0.3, -0.25) is 14.9 Å². The van der Waals surface area contributed by atoms with Gasteiger partial charge in [-0.1, -0.05) is 42.5 Å². The Labute approximate surface area is 150 Å². The summed E-state index contributed by atoms with van der Waals surface area (Å²) in [5.41, 5.74) is 1.76. The lowest BCUT2D eigenvalue weighted by atomic mass is 10.1. The lowest BCUT2D eigenvalue weighted by molar-refractivity contribution is 0.0976. The smallest absolute Gasteiger partial charge is 0.257 e. The molecule has 4 nitrogen and oxygen atoms in total. The van der Waals surface area contributed by atoms with Crippen molar-refractivity contribution in [2.24, 2.45) is 0 Å². The molecule has 0 saturated heterocycles. The topological polar surface area (TPSA) is 58.2 Å². The highest BCUT2D eigenvalue weighted by Crippen LogP contribution is 2.16. The van der Waals surface area contributed by atoms with Crippen molar-refractivity contribution < 1.29 is 9.59 Å². The Morgan fingerprint density at radius 3 is 2.36 bits per heavy atom. The van der Waals surface area contributed by atoms with Crippen molar-refractivity contribution >= 4 is 45.5 Å². The molecule has 0 unspecified atom stereocenters. The van der Waals surface area contributed by atoms with E-state index in [0.717, 1.165) is 10.8 Å². The summed E-state index contributed by atoms with van der Waals surface area (Å²) in [6.07, 6.45) is 0. The molecule has 0 saturated carbocycles. The minimum Gasteiger partial charge on any atom is -0.332 e. The fourth-order valence-electron chi connectivity index (χ4n) is 2.48. The Morgan fingerprint density at radius 2 is 1.60 bits per heavy atom. The number of carbonyl (C=O) groups is 2. The fourth-order valence-corrected chi connectivity index (χ4v) is 2.69. The summed E-state index contributed by atoms with van der Waals surface area (Å²) in [6, 6.07) is 20.3. The third kappa shape index (κ3) is 4.08. The van der Waals surface area contributed by atoms with Crippen LogP contribution in [0, 0.1) is 0 Å². The van der Waals surface area contributed by atoms with E-state index in [1.54, 1.807) is 30.3 Å². The zero-order valence-electron chi connectivity index (χ0n) is 13.6. The molecule has 0 atom stereocenters. The van der Waals surface area contributed by atoms with E-state index >= 15 is 0 Å². The SMILES string of the molecule is CC(=O)c1cccc(NC(=S)NC(=O)c2ccc3ccccc3c2)c1. The van der Waals surface area contributed by atoms with Crippen LogP contribution in [0.15, 0.2) is 66.7 Å². The van der Waals surface area contributed by atoms with Crippen molar-refractivity contribution in [2.75, 3.05) is 5.32 Å². The van der Waals surface area contributed by atoms with Gasteiger partial charge in [-0.15, -0.1) is 0 Å². The first-order chi connectivity index (χ1) is 12.0. The maximum Gasteiger partial charge on any atom is 0.257 e. The molecule has 0 aliphatic heterocycles. The maximum absolute atomic E-state index is 12.4. The second-order valence-electron chi connectivity index (χ2n) is 5.61. The molecule has 124 valence electrons. The molecule has 3 aromatic rings. The van der Waals surface area contributed by atoms with Gasteiger partial charge in [0.05, 0.1) is 0 Å². The Kier molecular flexibility index (Phi) is 4.86. The van der Waals surface area contributed by atoms with E-state index in [0.29, 0.717) is 16.8 Å². The van der Waals surface area contributed by atoms with Gasteiger partial charge in [0.1, 0.15) is 0 Å². The highest BCUT2D eigenvalue weighted by Gasteiger charge is 2.09. The molecule has 2 N–H and O–H groups in total. The molecule has 3 rings (SSSR count). The van der Waals surface area contributed by atoms with E-state index < -0.39 is 0 Å². The zero-order chi connectivity index (χ0) is 17.8. The number of anilines is 1. The van der Waals surface area contributed by atoms with Crippen LogP contribution < -0.4 is 10.6 Å². The molecule has 5 heteroatoms. The van der Waals surface area contributed by atoms with E-state index in [-0.39, 0.29) is 16.8 Å². The molecular formula is C20H16N2O2S. The van der Waals surface area contributed by atoms with Crippen molar-refractivity contribution in [1.82, 2.24) is 5.32 Å². The molecule has 0 fully saturated rings. The number of fused-ring (bicyclic) bond motifs is 1. The van der Waals surface area contributed by atoms with Crippen LogP contribution in [0.3, 0.4) is 0 Å². The van der Waals surface area contributed by atoms with E-state index in [2.05, 4.69) is 10.6 Å². The lowest BCUT2D eigenvalue weighted by Gasteiger charge is -2.10. The average Bonchev–Trinajstić information content (AvgIpc) is 2.61. The number of carbonyl (C=O) groups excluding carboxylic acids is 2. The predicted octanol–water partition coefficient (Wildman–Crippen LogP) is 4.17. The van der Waals surface area contributed by atoms with Crippen molar-refractivity contribution in [1.29, 1.82) is 0 Å². The molecule has 3 aromatic carbocycles. The zero-order valence-corrected chi connectivity index (χ0v) is 14.4. The third-order valence-electron chi connectivity index (χ3n) is 3.77. The van der Waals surface area contributed by atoms with Gasteiger partial charge in [0.25, 0.3) is 5.91 Å². The van der Waals surface area contributed by atoms with Gasteiger partial charge < -0.3 is 5.32 Å². The minimum absolute atomic E-state index is 0.0326. The summed E-state index contributed by atoms with van der Waals surface area (Å²) in [5, 5.41) is 7.82. The van der Waals surface area contributed by atoms with Crippen LogP contribution in [0.1, 0.15) is 27.6 Å². The first-order valence-electron chi connectivity index (χ1n) is 7.75. The Hall–Kier alpha value is -3.05. The highest BCUT2D eigenvalue weighted by molar-refractivity contribution is 7.80. The van der Waals surface area contributed by atoms with Crippen molar-refractivity contribution in [3.05, 3.63) is 77.9 Å². The minimum atomic E-state index is -0.286. The number of Topliss-reactive ketones (excluding diaryl/α,β-unsaturated/α-hetero) is 1. The van der Waals surface area contributed by atoms with Crippen LogP contribution in [0.2, 0.25) is 0 Å². The van der Waals surface area contributed by atoms with Crippen LogP contribution in [0.4, 0.5) is 5.69 Å². The molecule has 0 aliphatic rings. The predicted molar refractivity (Wildman–Crippen MR) is 104 cm³/mol. The number of benzene rings is 3. The van der Waals surface area contributed by atoms with Gasteiger partial charge in [0, 0.05) is 16.8 Å². The second-order valence-corrected chi connectivity index (χ2v) is 6.02. The molecule has 0 spiro atoms. The first kappa shape index (κ1) is 16.8. The van der Waals surface area contributed by atoms with Crippen LogP contribution in [0.5, 0.6) is 0 Å². The molecule has 25 heavy (non-hydrogen) atoms. The van der Waals surface area contributed by atoms with Crippen LogP contribution in [-0.2, 0) is 0 Å². The fraction of sp³-hybridized carbons (Fsp3) is 0.0500. The number of hydrogen-bond donors (Lipinski definition) is 2. The number of thiocarbonyl (C=S) groups is 1. The Bertz CT molecular complexity index is 982. The van der Waals surface area contributed by atoms with Crippen LogP contribution in [-0.4, -0.2) is 16.8 Å². The van der Waals surface area contributed by atoms with E-state index in [4.69, 9.17) is 12.2 Å². The summed E-state index contributed by atoms with van der Waals surface area (Å²) < 4.78 is 0. The van der Waals surface area contributed by atoms with E-state index in [9.17, 15) is 9.59 Å². The van der Waals surface area contributed by atoms with Gasteiger partial charge in [-0.2, -0.15) is 0 Å². The lowest BCUT2D eigenvalue weighted by Crippen LogP contribution is -2.34. The van der Waals surface area contributed by atoms with Gasteiger partial charge >= 0.3 is 0 Å². The molecule has 0 aliphatic carbocycles. The van der Waals surface area contributed by atoms with Crippen molar-refractivity contribution in [3.8, 4) is 0 Å². The largest absolute Gasteiger partial charge is 0.332 e. The van der Waals surface area contributed by atoms with Crippen LogP contribution >= 0.6 is 12.2 Å². The van der Waals surface area contributed by atoms with E-state index in [1.165, 1.54) is 6.92 Å². The van der Waals surface area contributed by atoms with Crippen LogP contribution in [0.25, 0.3) is 10.8 Å². The molecular weight excluding hydrogens is 332 g/mol. The number of hydrogen-bond acceptors (Lipinski definition) is 3. The summed E-state index contributed by atoms with van der Waals surface area (Å²) >= 11 is 5.19. The summed E-state index contributed by atoms with van der Waals surface area (Å²) in [7, 11) is 0. The first-order valence-corrected chi connectivity index (χ1v) is 8.16. The summed E-state index contributed by atoms with van der Waals surface area (Å²) in [6.45, 7) is 1.50. The molecule has 0 heterocycles. The normalized spacial score (nSPS) is 10.3. The van der Waals surface area contributed by atoms with Gasteiger partial charge in [-0.05, 0) is 54.2 Å². The average molecular weight is 348 g/mol. The number of rotatable bonds is 3. The third-order valence-corrected chi connectivity index (χ3v) is 3.97.